The van der Waals surface area contributed by atoms with Crippen LogP contribution >= 0.6 is 0 Å². The van der Waals surface area contributed by atoms with E-state index in [0.29, 0.717) is 30.4 Å². The number of hydrogen-bond acceptors (Lipinski definition) is 8. The van der Waals surface area contributed by atoms with E-state index in [1.807, 2.05) is 6.07 Å². The number of carbonyl (C=O) groups excluding carboxylic acids is 1. The lowest BCUT2D eigenvalue weighted by atomic mass is 10.2. The smallest absolute Gasteiger partial charge is 0.255 e. The first-order valence-corrected chi connectivity index (χ1v) is 12.5. The van der Waals surface area contributed by atoms with Gasteiger partial charge in [0, 0.05) is 25.2 Å². The third-order valence-electron chi connectivity index (χ3n) is 5.65. The van der Waals surface area contributed by atoms with Crippen molar-refractivity contribution < 1.29 is 27.4 Å². The van der Waals surface area contributed by atoms with Gasteiger partial charge < -0.3 is 24.4 Å². The van der Waals surface area contributed by atoms with Gasteiger partial charge in [-0.25, -0.2) is 18.1 Å². The zero-order chi connectivity index (χ0) is 24.3. The van der Waals surface area contributed by atoms with Crippen LogP contribution in [0.4, 0.5) is 11.5 Å². The van der Waals surface area contributed by atoms with E-state index in [2.05, 4.69) is 19.9 Å². The molecule has 5 rings (SSSR count). The molecule has 2 N–H and O–H groups in total. The fourth-order valence-corrected chi connectivity index (χ4v) is 4.82. The normalized spacial score (nSPS) is 15.1. The number of carbonyl (C=O) groups is 1. The average Bonchev–Trinajstić information content (AvgIpc) is 3.37. The van der Waals surface area contributed by atoms with Crippen LogP contribution in [0.25, 0.3) is 0 Å². The van der Waals surface area contributed by atoms with E-state index in [0.717, 1.165) is 24.5 Å². The largest absolute Gasteiger partial charge is 0.454 e. The van der Waals surface area contributed by atoms with Crippen molar-refractivity contribution in [1.29, 1.82) is 0 Å². The van der Waals surface area contributed by atoms with Gasteiger partial charge in [-0.15, -0.1) is 0 Å². The number of fused-ring (bicyclic) bond motifs is 1. The van der Waals surface area contributed by atoms with E-state index < -0.39 is 15.9 Å². The van der Waals surface area contributed by atoms with Gasteiger partial charge in [0.15, 0.2) is 11.5 Å². The Morgan fingerprint density at radius 3 is 2.63 bits per heavy atom. The maximum absolute atomic E-state index is 12.8. The first-order valence-electron chi connectivity index (χ1n) is 11.1. The van der Waals surface area contributed by atoms with Crippen molar-refractivity contribution in [3.05, 3.63) is 71.9 Å². The minimum absolute atomic E-state index is 0.00770. The van der Waals surface area contributed by atoms with Crippen LogP contribution in [-0.2, 0) is 21.3 Å². The summed E-state index contributed by atoms with van der Waals surface area (Å²) in [6, 6.07) is 14.7. The number of sulfonamides is 1. The predicted octanol–water partition coefficient (Wildman–Crippen LogP) is 2.38. The number of nitrogens with zero attached hydrogens (tertiary/aromatic N) is 2. The molecular weight excluding hydrogens is 472 g/mol. The van der Waals surface area contributed by atoms with Crippen LogP contribution in [-0.4, -0.2) is 52.4 Å². The summed E-state index contributed by atoms with van der Waals surface area (Å²) in [6.45, 7) is 3.06. The highest BCUT2D eigenvalue weighted by molar-refractivity contribution is 7.89. The van der Waals surface area contributed by atoms with Gasteiger partial charge >= 0.3 is 0 Å². The van der Waals surface area contributed by atoms with Crippen LogP contribution in [0, 0.1) is 0 Å². The second-order valence-electron chi connectivity index (χ2n) is 8.00. The second-order valence-corrected chi connectivity index (χ2v) is 9.77. The summed E-state index contributed by atoms with van der Waals surface area (Å²) < 4.78 is 44.2. The lowest BCUT2D eigenvalue weighted by Crippen LogP contribution is -2.36. The van der Waals surface area contributed by atoms with Crippen LogP contribution in [0.2, 0.25) is 0 Å². The monoisotopic (exact) mass is 496 g/mol. The molecular formula is C24H24N4O6S. The van der Waals surface area contributed by atoms with Gasteiger partial charge in [0.05, 0.1) is 30.0 Å². The van der Waals surface area contributed by atoms with Gasteiger partial charge in [0.1, 0.15) is 5.82 Å². The fourth-order valence-electron chi connectivity index (χ4n) is 3.76. The molecule has 10 nitrogen and oxygen atoms in total. The Morgan fingerprint density at radius 2 is 1.83 bits per heavy atom. The molecule has 0 spiro atoms. The molecule has 1 amide bonds. The minimum Gasteiger partial charge on any atom is -0.454 e. The molecule has 2 aliphatic heterocycles. The van der Waals surface area contributed by atoms with E-state index in [4.69, 9.17) is 14.2 Å². The van der Waals surface area contributed by atoms with Gasteiger partial charge in [-0.05, 0) is 48.0 Å². The van der Waals surface area contributed by atoms with Crippen molar-refractivity contribution in [2.24, 2.45) is 0 Å². The molecule has 0 unspecified atom stereocenters. The van der Waals surface area contributed by atoms with Crippen molar-refractivity contribution in [2.45, 2.75) is 11.4 Å². The van der Waals surface area contributed by atoms with Crippen LogP contribution in [0.5, 0.6) is 11.5 Å². The zero-order valence-electron chi connectivity index (χ0n) is 18.8. The van der Waals surface area contributed by atoms with E-state index in [9.17, 15) is 13.2 Å². The Labute approximate surface area is 202 Å². The second kappa shape index (κ2) is 9.90. The first-order chi connectivity index (χ1) is 17.0. The summed E-state index contributed by atoms with van der Waals surface area (Å²) in [5.74, 6) is 1.58. The lowest BCUT2D eigenvalue weighted by molar-refractivity contribution is 0.102. The molecule has 2 aliphatic rings. The van der Waals surface area contributed by atoms with E-state index in [1.54, 1.807) is 36.5 Å². The SMILES string of the molecule is O=C(Nc1ccc(N2CCOCC2)nc1)c1cccc(S(=O)(=O)NCc2ccc3c(c2)OCO3)c1. The first kappa shape index (κ1) is 23.1. The Kier molecular flexibility index (Phi) is 6.53. The summed E-state index contributed by atoms with van der Waals surface area (Å²) >= 11 is 0. The highest BCUT2D eigenvalue weighted by Gasteiger charge is 2.18. The van der Waals surface area contributed by atoms with Crippen LogP contribution in [0.3, 0.4) is 0 Å². The van der Waals surface area contributed by atoms with Crippen molar-refractivity contribution in [3.8, 4) is 11.5 Å². The van der Waals surface area contributed by atoms with Crippen molar-refractivity contribution in [2.75, 3.05) is 43.3 Å². The number of hydrogen-bond donors (Lipinski definition) is 2. The Bertz CT molecular complexity index is 1320. The van der Waals surface area contributed by atoms with Gasteiger partial charge in [0.25, 0.3) is 5.91 Å². The molecule has 3 heterocycles. The third kappa shape index (κ3) is 5.37. The number of amides is 1. The van der Waals surface area contributed by atoms with E-state index in [-0.39, 0.29) is 23.8 Å². The maximum Gasteiger partial charge on any atom is 0.255 e. The molecule has 0 atom stereocenters. The number of ether oxygens (including phenoxy) is 3. The van der Waals surface area contributed by atoms with Crippen LogP contribution < -0.4 is 24.4 Å². The summed E-state index contributed by atoms with van der Waals surface area (Å²) in [7, 11) is -3.85. The molecule has 35 heavy (non-hydrogen) atoms. The maximum atomic E-state index is 12.8. The molecule has 1 aromatic heterocycles. The molecule has 11 heteroatoms. The Hall–Kier alpha value is -3.67. The van der Waals surface area contributed by atoms with Crippen molar-refractivity contribution in [3.63, 3.8) is 0 Å². The molecule has 0 aliphatic carbocycles. The van der Waals surface area contributed by atoms with Crippen LogP contribution in [0.15, 0.2) is 65.7 Å². The highest BCUT2D eigenvalue weighted by Crippen LogP contribution is 2.32. The number of rotatable bonds is 7. The molecule has 0 bridgehead atoms. The van der Waals surface area contributed by atoms with Crippen LogP contribution in [0.1, 0.15) is 15.9 Å². The zero-order valence-corrected chi connectivity index (χ0v) is 19.6. The topological polar surface area (TPSA) is 119 Å². The standard InChI is InChI=1S/C24H24N4O6S/c29-24(27-19-5-7-23(25-15-19)28-8-10-32-11-9-28)18-2-1-3-20(13-18)35(30,31)26-14-17-4-6-21-22(12-17)34-16-33-21/h1-7,12-13,15,26H,8-11,14,16H2,(H,27,29). The summed E-state index contributed by atoms with van der Waals surface area (Å²) in [4.78, 5) is 19.3. The lowest BCUT2D eigenvalue weighted by Gasteiger charge is -2.27. The highest BCUT2D eigenvalue weighted by atomic mass is 32.2. The molecule has 0 radical (unpaired) electrons. The Balaban J connectivity index is 1.23. The number of benzene rings is 2. The molecule has 1 saturated heterocycles. The minimum atomic E-state index is -3.85. The number of morpholine rings is 1. The number of nitrogens with one attached hydrogen (secondary N) is 2. The number of aromatic nitrogens is 1. The number of pyridine rings is 1. The molecule has 1 fully saturated rings. The van der Waals surface area contributed by atoms with Gasteiger partial charge in [-0.2, -0.15) is 0 Å². The molecule has 3 aromatic rings. The van der Waals surface area contributed by atoms with Gasteiger partial charge in [0.2, 0.25) is 16.8 Å². The molecule has 182 valence electrons. The fraction of sp³-hybridized carbons (Fsp3) is 0.250. The van der Waals surface area contributed by atoms with Crippen molar-refractivity contribution >= 4 is 27.4 Å². The predicted molar refractivity (Wildman–Crippen MR) is 128 cm³/mol. The van der Waals surface area contributed by atoms with Gasteiger partial charge in [-0.1, -0.05) is 12.1 Å². The average molecular weight is 497 g/mol. The van der Waals surface area contributed by atoms with Crippen molar-refractivity contribution in [1.82, 2.24) is 9.71 Å². The summed E-state index contributed by atoms with van der Waals surface area (Å²) in [5.41, 5.74) is 1.45. The number of anilines is 2. The summed E-state index contributed by atoms with van der Waals surface area (Å²) in [6.07, 6.45) is 1.58. The van der Waals surface area contributed by atoms with E-state index in [1.165, 1.54) is 18.2 Å². The third-order valence-corrected chi connectivity index (χ3v) is 7.05. The Morgan fingerprint density at radius 1 is 1.00 bits per heavy atom. The van der Waals surface area contributed by atoms with Gasteiger partial charge in [-0.3, -0.25) is 4.79 Å². The quantitative estimate of drug-likeness (QED) is 0.512. The molecule has 2 aromatic carbocycles. The molecule has 0 saturated carbocycles. The van der Waals surface area contributed by atoms with E-state index >= 15 is 0 Å². The summed E-state index contributed by atoms with van der Waals surface area (Å²) in [5, 5.41) is 2.76.